The Balaban J connectivity index is 1.66. The third kappa shape index (κ3) is 6.56. The van der Waals surface area contributed by atoms with Crippen molar-refractivity contribution >= 4 is 57.2 Å². The van der Waals surface area contributed by atoms with Crippen LogP contribution < -0.4 is 14.9 Å². The molecule has 1 N–H and O–H groups in total. The highest BCUT2D eigenvalue weighted by Crippen LogP contribution is 2.28. The molecule has 1 atom stereocenters. The van der Waals surface area contributed by atoms with E-state index in [1.807, 2.05) is 6.07 Å². The largest absolute Gasteiger partial charge is 0.479 e. The molecule has 0 aliphatic rings. The Labute approximate surface area is 203 Å². The molecule has 164 valence electrons. The lowest BCUT2D eigenvalue weighted by atomic mass is 10.2. The second kappa shape index (κ2) is 11.1. The van der Waals surface area contributed by atoms with Crippen LogP contribution in [-0.4, -0.2) is 24.2 Å². The lowest BCUT2D eigenvalue weighted by Crippen LogP contribution is -2.33. The van der Waals surface area contributed by atoms with Crippen LogP contribution in [-0.2, 0) is 4.79 Å². The number of carbonyl (C=O) groups is 2. The van der Waals surface area contributed by atoms with E-state index in [0.717, 1.165) is 4.47 Å². The molecule has 0 saturated heterocycles. The number of carbonyl (C=O) groups excluding carboxylic acids is 2. The van der Waals surface area contributed by atoms with Crippen LogP contribution in [0.3, 0.4) is 0 Å². The van der Waals surface area contributed by atoms with Gasteiger partial charge in [0.1, 0.15) is 11.5 Å². The first-order valence-electron chi connectivity index (χ1n) is 9.35. The Bertz CT molecular complexity index is 1160. The van der Waals surface area contributed by atoms with E-state index >= 15 is 0 Å². The van der Waals surface area contributed by atoms with Crippen LogP contribution in [0.15, 0.2) is 76.3 Å². The topological polar surface area (TPSA) is 77.0 Å². The lowest BCUT2D eigenvalue weighted by Gasteiger charge is -2.14. The zero-order valence-electron chi connectivity index (χ0n) is 16.7. The molecule has 0 aliphatic carbocycles. The minimum atomic E-state index is -0.872. The molecule has 6 nitrogen and oxygen atoms in total. The number of benzene rings is 3. The normalized spacial score (nSPS) is 11.8. The number of halogens is 3. The highest BCUT2D eigenvalue weighted by Gasteiger charge is 2.16. The van der Waals surface area contributed by atoms with Crippen molar-refractivity contribution in [1.29, 1.82) is 0 Å². The maximum Gasteiger partial charge on any atom is 0.343 e. The van der Waals surface area contributed by atoms with E-state index in [9.17, 15) is 9.59 Å². The van der Waals surface area contributed by atoms with Crippen LogP contribution in [0.4, 0.5) is 0 Å². The highest BCUT2D eigenvalue weighted by atomic mass is 79.9. The summed E-state index contributed by atoms with van der Waals surface area (Å²) in [5.74, 6) is -0.388. The number of rotatable bonds is 7. The fourth-order valence-electron chi connectivity index (χ4n) is 2.52. The smallest absolute Gasteiger partial charge is 0.343 e. The Morgan fingerprint density at radius 2 is 1.75 bits per heavy atom. The summed E-state index contributed by atoms with van der Waals surface area (Å²) in [6.07, 6.45) is 0.502. The van der Waals surface area contributed by atoms with Gasteiger partial charge in [0.15, 0.2) is 6.10 Å². The predicted octanol–water partition coefficient (Wildman–Crippen LogP) is 5.89. The fraction of sp³-hybridized carbons (Fsp3) is 0.0870. The van der Waals surface area contributed by atoms with Gasteiger partial charge in [-0.15, -0.1) is 0 Å². The second-order valence-corrected chi connectivity index (χ2v) is 8.27. The Kier molecular flexibility index (Phi) is 8.27. The molecule has 3 aromatic carbocycles. The maximum atomic E-state index is 12.4. The van der Waals surface area contributed by atoms with Gasteiger partial charge in [0.25, 0.3) is 5.91 Å². The van der Waals surface area contributed by atoms with E-state index in [4.69, 9.17) is 32.7 Å². The van der Waals surface area contributed by atoms with Crippen molar-refractivity contribution in [2.45, 2.75) is 13.0 Å². The third-order valence-corrected chi connectivity index (χ3v) is 5.15. The van der Waals surface area contributed by atoms with E-state index in [2.05, 4.69) is 26.5 Å². The Morgan fingerprint density at radius 1 is 1.03 bits per heavy atom. The summed E-state index contributed by atoms with van der Waals surface area (Å²) < 4.78 is 11.8. The van der Waals surface area contributed by atoms with E-state index in [1.54, 1.807) is 61.5 Å². The number of nitrogens with one attached hydrogen (secondary N) is 1. The van der Waals surface area contributed by atoms with Gasteiger partial charge in [-0.2, -0.15) is 5.10 Å². The molecule has 1 amide bonds. The van der Waals surface area contributed by atoms with Gasteiger partial charge in [0, 0.05) is 15.1 Å². The Hall–Kier alpha value is -2.87. The van der Waals surface area contributed by atoms with Crippen molar-refractivity contribution in [3.05, 3.63) is 92.4 Å². The lowest BCUT2D eigenvalue weighted by molar-refractivity contribution is -0.127. The average molecular weight is 536 g/mol. The average Bonchev–Trinajstić information content (AvgIpc) is 2.77. The summed E-state index contributed by atoms with van der Waals surface area (Å²) in [6.45, 7) is 1.56. The van der Waals surface area contributed by atoms with Gasteiger partial charge >= 0.3 is 5.97 Å². The number of nitrogens with zero attached hydrogens (tertiary/aromatic N) is 1. The summed E-state index contributed by atoms with van der Waals surface area (Å²) in [4.78, 5) is 24.7. The number of hydrazone groups is 1. The summed E-state index contributed by atoms with van der Waals surface area (Å²) in [5.41, 5.74) is 3.29. The van der Waals surface area contributed by atoms with Gasteiger partial charge in [-0.25, -0.2) is 10.2 Å². The van der Waals surface area contributed by atoms with Crippen molar-refractivity contribution in [2.75, 3.05) is 0 Å². The first-order valence-corrected chi connectivity index (χ1v) is 10.9. The van der Waals surface area contributed by atoms with Crippen molar-refractivity contribution in [1.82, 2.24) is 5.43 Å². The predicted molar refractivity (Wildman–Crippen MR) is 128 cm³/mol. The first kappa shape index (κ1) is 23.8. The van der Waals surface area contributed by atoms with Gasteiger partial charge in [-0.1, -0.05) is 57.3 Å². The molecule has 0 bridgehead atoms. The molecule has 0 fully saturated rings. The van der Waals surface area contributed by atoms with Gasteiger partial charge in [-0.05, 0) is 55.5 Å². The zero-order valence-corrected chi connectivity index (χ0v) is 19.8. The van der Waals surface area contributed by atoms with E-state index in [0.29, 0.717) is 26.9 Å². The Morgan fingerprint density at radius 3 is 2.47 bits per heavy atom. The quantitative estimate of drug-likeness (QED) is 0.177. The molecule has 0 spiro atoms. The number of ether oxygens (including phenoxy) is 2. The van der Waals surface area contributed by atoms with Crippen LogP contribution >= 0.6 is 39.1 Å². The maximum absolute atomic E-state index is 12.4. The molecule has 32 heavy (non-hydrogen) atoms. The van der Waals surface area contributed by atoms with Gasteiger partial charge < -0.3 is 9.47 Å². The molecule has 0 heterocycles. The molecule has 9 heteroatoms. The van der Waals surface area contributed by atoms with Crippen molar-refractivity contribution in [3.63, 3.8) is 0 Å². The molecule has 0 unspecified atom stereocenters. The zero-order chi connectivity index (χ0) is 23.1. The van der Waals surface area contributed by atoms with Crippen molar-refractivity contribution < 1.29 is 19.1 Å². The monoisotopic (exact) mass is 534 g/mol. The molecule has 3 aromatic rings. The molecule has 0 aliphatic heterocycles. The van der Waals surface area contributed by atoms with Gasteiger partial charge in [0.05, 0.1) is 16.8 Å². The number of hydrogen-bond acceptors (Lipinski definition) is 5. The van der Waals surface area contributed by atoms with Gasteiger partial charge in [-0.3, -0.25) is 4.79 Å². The molecular formula is C23H17BrCl2N2O4. The van der Waals surface area contributed by atoms with Crippen LogP contribution in [0.2, 0.25) is 10.0 Å². The standard InChI is InChI=1S/C23H17BrCl2N2O4/c1-14(31-21-10-8-18(25)12-19(21)26)22(29)28-27-13-16-11-17(24)7-9-20(16)32-23(30)15-5-3-2-4-6-15/h2-14H,1H3,(H,28,29)/b27-13-/t14-/m0/s1. The SMILES string of the molecule is C[C@H](Oc1ccc(Cl)cc1Cl)C(=O)N/N=C\c1cc(Br)ccc1OC(=O)c1ccccc1. The van der Waals surface area contributed by atoms with Crippen LogP contribution in [0.1, 0.15) is 22.8 Å². The number of amides is 1. The molecule has 3 rings (SSSR count). The molecule has 0 aromatic heterocycles. The van der Waals surface area contributed by atoms with E-state index in [1.165, 1.54) is 12.3 Å². The molecule has 0 saturated carbocycles. The highest BCUT2D eigenvalue weighted by molar-refractivity contribution is 9.10. The summed E-state index contributed by atoms with van der Waals surface area (Å²) in [5, 5.41) is 4.70. The summed E-state index contributed by atoms with van der Waals surface area (Å²) in [7, 11) is 0. The van der Waals surface area contributed by atoms with Crippen LogP contribution in [0.25, 0.3) is 0 Å². The van der Waals surface area contributed by atoms with Crippen molar-refractivity contribution in [3.8, 4) is 11.5 Å². The minimum absolute atomic E-state index is 0.289. The number of esters is 1. The van der Waals surface area contributed by atoms with Crippen LogP contribution in [0, 0.1) is 0 Å². The molecule has 0 radical (unpaired) electrons. The minimum Gasteiger partial charge on any atom is -0.479 e. The van der Waals surface area contributed by atoms with E-state index in [-0.39, 0.29) is 5.75 Å². The number of hydrogen-bond donors (Lipinski definition) is 1. The summed E-state index contributed by atoms with van der Waals surface area (Å²) >= 11 is 15.3. The molecular weight excluding hydrogens is 519 g/mol. The van der Waals surface area contributed by atoms with Crippen LogP contribution in [0.5, 0.6) is 11.5 Å². The van der Waals surface area contributed by atoms with Crippen molar-refractivity contribution in [2.24, 2.45) is 5.10 Å². The second-order valence-electron chi connectivity index (χ2n) is 6.51. The van der Waals surface area contributed by atoms with E-state index < -0.39 is 18.0 Å². The van der Waals surface area contributed by atoms with Gasteiger partial charge in [0.2, 0.25) is 0 Å². The fourth-order valence-corrected chi connectivity index (χ4v) is 3.35. The summed E-state index contributed by atoms with van der Waals surface area (Å²) in [6, 6.07) is 18.4. The first-order chi connectivity index (χ1) is 15.3. The third-order valence-electron chi connectivity index (χ3n) is 4.13.